The van der Waals surface area contributed by atoms with Crippen LogP contribution < -0.4 is 10.1 Å². The molecule has 1 aromatic heterocycles. The van der Waals surface area contributed by atoms with Gasteiger partial charge in [-0.15, -0.1) is 11.3 Å². The molecule has 0 saturated heterocycles. The maximum atomic E-state index is 12.3. The van der Waals surface area contributed by atoms with Crippen molar-refractivity contribution in [2.24, 2.45) is 0 Å². The lowest BCUT2D eigenvalue weighted by Crippen LogP contribution is -2.38. The highest BCUT2D eigenvalue weighted by Gasteiger charge is 2.23. The lowest BCUT2D eigenvalue weighted by molar-refractivity contribution is -0.121. The van der Waals surface area contributed by atoms with Crippen molar-refractivity contribution < 1.29 is 17.9 Å². The number of likely N-dealkylation sites (N-methyl/N-ethyl adjacent to an activating group) is 1. The molecule has 0 unspecified atom stereocenters. The highest BCUT2D eigenvalue weighted by molar-refractivity contribution is 7.91. The first kappa shape index (κ1) is 19.4. The SMILES string of the molecule is COc1ccc(C)cc1CCNC(=O)CN(C)S(=O)(=O)c1cccs1. The van der Waals surface area contributed by atoms with Crippen LogP contribution >= 0.6 is 11.3 Å². The molecule has 0 saturated carbocycles. The molecule has 6 nitrogen and oxygen atoms in total. The molecule has 2 aromatic rings. The molecule has 136 valence electrons. The Morgan fingerprint density at radius 3 is 2.72 bits per heavy atom. The minimum atomic E-state index is -3.61. The van der Waals surface area contributed by atoms with Gasteiger partial charge < -0.3 is 10.1 Å². The predicted molar refractivity (Wildman–Crippen MR) is 98.6 cm³/mol. The van der Waals surface area contributed by atoms with E-state index in [2.05, 4.69) is 5.32 Å². The summed E-state index contributed by atoms with van der Waals surface area (Å²) in [6.07, 6.45) is 0.609. The van der Waals surface area contributed by atoms with Gasteiger partial charge in [-0.1, -0.05) is 23.8 Å². The molecule has 0 aliphatic rings. The van der Waals surface area contributed by atoms with Gasteiger partial charge in [0.25, 0.3) is 10.0 Å². The Morgan fingerprint density at radius 1 is 1.32 bits per heavy atom. The predicted octanol–water partition coefficient (Wildman–Crippen LogP) is 2.04. The van der Waals surface area contributed by atoms with E-state index in [0.717, 1.165) is 32.5 Å². The number of carbonyl (C=O) groups excluding carboxylic acids is 1. The van der Waals surface area contributed by atoms with Gasteiger partial charge in [-0.2, -0.15) is 4.31 Å². The Hall–Kier alpha value is -1.90. The maximum absolute atomic E-state index is 12.3. The summed E-state index contributed by atoms with van der Waals surface area (Å²) >= 11 is 1.13. The first-order valence-corrected chi connectivity index (χ1v) is 10.1. The van der Waals surface area contributed by atoms with Crippen LogP contribution in [0.25, 0.3) is 0 Å². The zero-order chi connectivity index (χ0) is 18.4. The number of nitrogens with zero attached hydrogens (tertiary/aromatic N) is 1. The van der Waals surface area contributed by atoms with Gasteiger partial charge in [-0.05, 0) is 36.4 Å². The molecule has 8 heteroatoms. The van der Waals surface area contributed by atoms with Crippen molar-refractivity contribution in [3.8, 4) is 5.75 Å². The van der Waals surface area contributed by atoms with Gasteiger partial charge in [-0.3, -0.25) is 4.79 Å². The number of methoxy groups -OCH3 is 1. The number of carbonyl (C=O) groups is 1. The molecule has 0 atom stereocenters. The molecule has 1 amide bonds. The van der Waals surface area contributed by atoms with Crippen molar-refractivity contribution in [1.29, 1.82) is 0 Å². The van der Waals surface area contributed by atoms with Crippen molar-refractivity contribution in [1.82, 2.24) is 9.62 Å². The molecular weight excluding hydrogens is 360 g/mol. The summed E-state index contributed by atoms with van der Waals surface area (Å²) < 4.78 is 31.2. The van der Waals surface area contributed by atoms with Crippen LogP contribution in [0.2, 0.25) is 0 Å². The zero-order valence-corrected chi connectivity index (χ0v) is 16.1. The minimum Gasteiger partial charge on any atom is -0.496 e. The lowest BCUT2D eigenvalue weighted by Gasteiger charge is -2.16. The fraction of sp³-hybridized carbons (Fsp3) is 0.353. The summed E-state index contributed by atoms with van der Waals surface area (Å²) in [6, 6.07) is 9.07. The number of benzene rings is 1. The molecule has 2 rings (SSSR count). The van der Waals surface area contributed by atoms with Crippen molar-refractivity contribution in [2.45, 2.75) is 17.6 Å². The van der Waals surface area contributed by atoms with E-state index in [0.29, 0.717) is 13.0 Å². The molecule has 0 aliphatic carbocycles. The normalized spacial score (nSPS) is 11.5. The number of hydrogen-bond donors (Lipinski definition) is 1. The summed E-state index contributed by atoms with van der Waals surface area (Å²) in [7, 11) is -0.604. The number of ether oxygens (including phenoxy) is 1. The average molecular weight is 383 g/mol. The number of hydrogen-bond acceptors (Lipinski definition) is 5. The number of rotatable bonds is 8. The third-order valence-electron chi connectivity index (χ3n) is 3.68. The van der Waals surface area contributed by atoms with E-state index < -0.39 is 10.0 Å². The Bertz CT molecular complexity index is 817. The monoisotopic (exact) mass is 382 g/mol. The van der Waals surface area contributed by atoms with Crippen molar-refractivity contribution in [3.05, 3.63) is 46.8 Å². The summed E-state index contributed by atoms with van der Waals surface area (Å²) in [4.78, 5) is 12.0. The van der Waals surface area contributed by atoms with E-state index in [1.807, 2.05) is 25.1 Å². The second kappa shape index (κ2) is 8.46. The van der Waals surface area contributed by atoms with Gasteiger partial charge in [0.1, 0.15) is 9.96 Å². The second-order valence-electron chi connectivity index (χ2n) is 5.61. The Labute approximate surface area is 152 Å². The summed E-state index contributed by atoms with van der Waals surface area (Å²) in [5.41, 5.74) is 2.12. The van der Waals surface area contributed by atoms with Crippen LogP contribution in [0.1, 0.15) is 11.1 Å². The number of nitrogens with one attached hydrogen (secondary N) is 1. The smallest absolute Gasteiger partial charge is 0.252 e. The third kappa shape index (κ3) is 5.04. The molecular formula is C17H22N2O4S2. The molecule has 0 bridgehead atoms. The Morgan fingerprint density at radius 2 is 2.08 bits per heavy atom. The van der Waals surface area contributed by atoms with Gasteiger partial charge >= 0.3 is 0 Å². The van der Waals surface area contributed by atoms with E-state index in [4.69, 9.17) is 4.74 Å². The fourth-order valence-electron chi connectivity index (χ4n) is 2.35. The van der Waals surface area contributed by atoms with E-state index in [1.54, 1.807) is 18.6 Å². The average Bonchev–Trinajstić information content (AvgIpc) is 3.10. The molecule has 25 heavy (non-hydrogen) atoms. The first-order valence-electron chi connectivity index (χ1n) is 7.74. The summed E-state index contributed by atoms with van der Waals surface area (Å²) in [5, 5.41) is 4.44. The molecule has 1 heterocycles. The van der Waals surface area contributed by atoms with Crippen LogP contribution in [-0.2, 0) is 21.2 Å². The quantitative estimate of drug-likeness (QED) is 0.758. The van der Waals surface area contributed by atoms with E-state index in [9.17, 15) is 13.2 Å². The molecule has 0 aliphatic heterocycles. The van der Waals surface area contributed by atoms with Crippen molar-refractivity contribution in [3.63, 3.8) is 0 Å². The number of sulfonamides is 1. The molecule has 0 radical (unpaired) electrons. The number of thiophene rings is 1. The van der Waals surface area contributed by atoms with Crippen LogP contribution in [0, 0.1) is 6.92 Å². The van der Waals surface area contributed by atoms with Crippen molar-refractivity contribution >= 4 is 27.3 Å². The maximum Gasteiger partial charge on any atom is 0.252 e. The second-order valence-corrected chi connectivity index (χ2v) is 8.83. The van der Waals surface area contributed by atoms with E-state index >= 15 is 0 Å². The highest BCUT2D eigenvalue weighted by atomic mass is 32.2. The zero-order valence-electron chi connectivity index (χ0n) is 14.5. The van der Waals surface area contributed by atoms with Gasteiger partial charge in [0, 0.05) is 13.6 Å². The highest BCUT2D eigenvalue weighted by Crippen LogP contribution is 2.20. The Kier molecular flexibility index (Phi) is 6.57. The lowest BCUT2D eigenvalue weighted by atomic mass is 10.1. The Balaban J connectivity index is 1.88. The van der Waals surface area contributed by atoms with Gasteiger partial charge in [0.15, 0.2) is 0 Å². The van der Waals surface area contributed by atoms with Crippen LogP contribution in [0.4, 0.5) is 0 Å². The van der Waals surface area contributed by atoms with Gasteiger partial charge in [0.2, 0.25) is 5.91 Å². The van der Waals surface area contributed by atoms with Gasteiger partial charge in [0.05, 0.1) is 13.7 Å². The fourth-order valence-corrected chi connectivity index (χ4v) is 4.67. The molecule has 0 spiro atoms. The van der Waals surface area contributed by atoms with Crippen LogP contribution in [0.5, 0.6) is 5.75 Å². The van der Waals surface area contributed by atoms with Crippen LogP contribution in [0.15, 0.2) is 39.9 Å². The summed E-state index contributed by atoms with van der Waals surface area (Å²) in [6.45, 7) is 2.18. The van der Waals surface area contributed by atoms with Crippen molar-refractivity contribution in [2.75, 3.05) is 27.2 Å². The molecule has 0 fully saturated rings. The molecule has 1 N–H and O–H groups in total. The van der Waals surface area contributed by atoms with E-state index in [1.165, 1.54) is 13.1 Å². The van der Waals surface area contributed by atoms with E-state index in [-0.39, 0.29) is 16.7 Å². The third-order valence-corrected chi connectivity index (χ3v) is 6.85. The standard InChI is InChI=1S/C17H22N2O4S2/c1-13-6-7-15(23-3)14(11-13)8-9-18-16(20)12-19(2)25(21,22)17-5-4-10-24-17/h4-7,10-11H,8-9,12H2,1-3H3,(H,18,20). The van der Waals surface area contributed by atoms with Crippen LogP contribution in [0.3, 0.4) is 0 Å². The minimum absolute atomic E-state index is 0.217. The largest absolute Gasteiger partial charge is 0.496 e. The van der Waals surface area contributed by atoms with Gasteiger partial charge in [-0.25, -0.2) is 8.42 Å². The number of amides is 1. The topological polar surface area (TPSA) is 75.7 Å². The first-order chi connectivity index (χ1) is 11.8. The van der Waals surface area contributed by atoms with Crippen LogP contribution in [-0.4, -0.2) is 45.9 Å². The number of aryl methyl sites for hydroxylation is 1. The summed E-state index contributed by atoms with van der Waals surface area (Å²) in [5.74, 6) is 0.437. The molecule has 1 aromatic carbocycles.